The molecule has 0 fully saturated rings. The van der Waals surface area contributed by atoms with E-state index in [1.807, 2.05) is 25.1 Å². The second kappa shape index (κ2) is 6.37. The minimum Gasteiger partial charge on any atom is -0.495 e. The molecule has 16 heavy (non-hydrogen) atoms. The Morgan fingerprint density at radius 3 is 2.88 bits per heavy atom. The highest BCUT2D eigenvalue weighted by molar-refractivity contribution is 6.32. The van der Waals surface area contributed by atoms with Crippen molar-refractivity contribution < 1.29 is 4.74 Å². The van der Waals surface area contributed by atoms with Crippen LogP contribution in [-0.2, 0) is 6.54 Å². The highest BCUT2D eigenvalue weighted by Gasteiger charge is 2.02. The number of halogens is 1. The topological polar surface area (TPSA) is 45.0 Å². The Kier molecular flexibility index (Phi) is 5.10. The van der Waals surface area contributed by atoms with Crippen molar-refractivity contribution in [2.75, 3.05) is 13.7 Å². The van der Waals surface area contributed by atoms with Gasteiger partial charge in [-0.05, 0) is 24.6 Å². The van der Waals surface area contributed by atoms with E-state index in [0.29, 0.717) is 23.9 Å². The van der Waals surface area contributed by atoms with Crippen LogP contribution in [0.2, 0.25) is 5.02 Å². The Labute approximate surface area is 101 Å². The molecule has 0 spiro atoms. The lowest BCUT2D eigenvalue weighted by atomic mass is 10.2. The van der Waals surface area contributed by atoms with Crippen LogP contribution in [0.3, 0.4) is 0 Å². The van der Waals surface area contributed by atoms with E-state index < -0.39 is 0 Å². The summed E-state index contributed by atoms with van der Waals surface area (Å²) in [5.74, 6) is 0.699. The van der Waals surface area contributed by atoms with Crippen molar-refractivity contribution in [2.45, 2.75) is 13.5 Å². The largest absolute Gasteiger partial charge is 0.495 e. The van der Waals surface area contributed by atoms with Crippen molar-refractivity contribution in [2.24, 2.45) is 5.92 Å². The molecule has 1 rings (SSSR count). The predicted octanol–water partition coefficient (Wildman–Crippen LogP) is 2.60. The molecule has 0 aliphatic heterocycles. The first-order valence-corrected chi connectivity index (χ1v) is 5.48. The van der Waals surface area contributed by atoms with Crippen LogP contribution in [0.5, 0.6) is 5.75 Å². The van der Waals surface area contributed by atoms with E-state index in [4.69, 9.17) is 21.6 Å². The van der Waals surface area contributed by atoms with Gasteiger partial charge in [-0.3, -0.25) is 0 Å². The van der Waals surface area contributed by atoms with Gasteiger partial charge in [-0.15, -0.1) is 0 Å². The lowest BCUT2D eigenvalue weighted by Crippen LogP contribution is -2.19. The summed E-state index contributed by atoms with van der Waals surface area (Å²) in [6, 6.07) is 7.83. The van der Waals surface area contributed by atoms with E-state index in [1.165, 1.54) is 0 Å². The second-order valence-corrected chi connectivity index (χ2v) is 4.04. The molecule has 1 aromatic carbocycles. The van der Waals surface area contributed by atoms with Crippen LogP contribution < -0.4 is 10.1 Å². The molecule has 0 saturated heterocycles. The molecule has 0 saturated carbocycles. The summed E-state index contributed by atoms with van der Waals surface area (Å²) < 4.78 is 5.06. The molecule has 86 valence electrons. The summed E-state index contributed by atoms with van der Waals surface area (Å²) >= 11 is 5.99. The zero-order chi connectivity index (χ0) is 12.0. The first kappa shape index (κ1) is 12.8. The summed E-state index contributed by atoms with van der Waals surface area (Å²) in [4.78, 5) is 0. The second-order valence-electron chi connectivity index (χ2n) is 3.63. The van der Waals surface area contributed by atoms with Gasteiger partial charge in [0.15, 0.2) is 0 Å². The Morgan fingerprint density at radius 2 is 2.31 bits per heavy atom. The SMILES string of the molecule is COc1ccc(CNCC(C)C#N)cc1Cl. The van der Waals surface area contributed by atoms with Crippen LogP contribution in [0.25, 0.3) is 0 Å². The van der Waals surface area contributed by atoms with Crippen LogP contribution in [0.4, 0.5) is 0 Å². The lowest BCUT2D eigenvalue weighted by Gasteiger charge is -2.08. The maximum absolute atomic E-state index is 8.62. The Bertz CT molecular complexity index is 387. The van der Waals surface area contributed by atoms with Crippen LogP contribution in [0.1, 0.15) is 12.5 Å². The molecule has 1 unspecified atom stereocenters. The highest BCUT2D eigenvalue weighted by atomic mass is 35.5. The number of hydrogen-bond acceptors (Lipinski definition) is 3. The van der Waals surface area contributed by atoms with Crippen molar-refractivity contribution in [3.05, 3.63) is 28.8 Å². The number of nitriles is 1. The van der Waals surface area contributed by atoms with Gasteiger partial charge in [0.25, 0.3) is 0 Å². The van der Waals surface area contributed by atoms with Gasteiger partial charge in [0, 0.05) is 13.1 Å². The fraction of sp³-hybridized carbons (Fsp3) is 0.417. The molecular formula is C12H15ClN2O. The molecule has 1 aromatic rings. The van der Waals surface area contributed by atoms with Crippen molar-refractivity contribution in [3.8, 4) is 11.8 Å². The Hall–Kier alpha value is -1.24. The monoisotopic (exact) mass is 238 g/mol. The summed E-state index contributed by atoms with van der Waals surface area (Å²) in [6.07, 6.45) is 0. The summed E-state index contributed by atoms with van der Waals surface area (Å²) in [5.41, 5.74) is 1.08. The van der Waals surface area contributed by atoms with E-state index in [1.54, 1.807) is 7.11 Å². The van der Waals surface area contributed by atoms with Crippen LogP contribution in [0.15, 0.2) is 18.2 Å². The quantitative estimate of drug-likeness (QED) is 0.858. The van der Waals surface area contributed by atoms with Crippen LogP contribution in [-0.4, -0.2) is 13.7 Å². The number of ether oxygens (including phenoxy) is 1. The van der Waals surface area contributed by atoms with Crippen LogP contribution in [0, 0.1) is 17.2 Å². The number of nitrogens with one attached hydrogen (secondary N) is 1. The maximum Gasteiger partial charge on any atom is 0.137 e. The molecule has 0 radical (unpaired) electrons. The van der Waals surface area contributed by atoms with E-state index in [9.17, 15) is 0 Å². The van der Waals surface area contributed by atoms with Crippen molar-refractivity contribution >= 4 is 11.6 Å². The minimum absolute atomic E-state index is 0.0220. The first-order chi connectivity index (χ1) is 7.67. The number of benzene rings is 1. The molecule has 0 bridgehead atoms. The molecule has 0 aromatic heterocycles. The molecule has 0 aliphatic carbocycles. The molecule has 1 N–H and O–H groups in total. The smallest absolute Gasteiger partial charge is 0.137 e. The van der Waals surface area contributed by atoms with E-state index in [0.717, 1.165) is 5.56 Å². The number of nitrogens with zero attached hydrogens (tertiary/aromatic N) is 1. The number of rotatable bonds is 5. The fourth-order valence-electron chi connectivity index (χ4n) is 1.30. The summed E-state index contributed by atoms with van der Waals surface area (Å²) in [5, 5.41) is 12.4. The minimum atomic E-state index is 0.0220. The van der Waals surface area contributed by atoms with Gasteiger partial charge in [0.05, 0.1) is 24.1 Å². The highest BCUT2D eigenvalue weighted by Crippen LogP contribution is 2.24. The standard InChI is InChI=1S/C12H15ClN2O/c1-9(6-14)7-15-8-10-3-4-12(16-2)11(13)5-10/h3-5,9,15H,7-8H2,1-2H3. The van der Waals surface area contributed by atoms with Gasteiger partial charge >= 0.3 is 0 Å². The van der Waals surface area contributed by atoms with E-state index >= 15 is 0 Å². The van der Waals surface area contributed by atoms with Gasteiger partial charge in [-0.1, -0.05) is 17.7 Å². The molecule has 4 heteroatoms. The predicted molar refractivity (Wildman–Crippen MR) is 64.5 cm³/mol. The fourth-order valence-corrected chi connectivity index (χ4v) is 1.58. The first-order valence-electron chi connectivity index (χ1n) is 5.10. The van der Waals surface area contributed by atoms with Crippen LogP contribution >= 0.6 is 11.6 Å². The lowest BCUT2D eigenvalue weighted by molar-refractivity contribution is 0.415. The summed E-state index contributed by atoms with van der Waals surface area (Å²) in [6.45, 7) is 3.27. The average Bonchev–Trinajstić information content (AvgIpc) is 2.29. The average molecular weight is 239 g/mol. The van der Waals surface area contributed by atoms with Gasteiger partial charge in [-0.2, -0.15) is 5.26 Å². The Balaban J connectivity index is 2.50. The van der Waals surface area contributed by atoms with Gasteiger partial charge in [0.2, 0.25) is 0 Å². The van der Waals surface area contributed by atoms with Crippen molar-refractivity contribution in [1.29, 1.82) is 5.26 Å². The normalized spacial score (nSPS) is 11.9. The van der Waals surface area contributed by atoms with Crippen molar-refractivity contribution in [3.63, 3.8) is 0 Å². The van der Waals surface area contributed by atoms with Crippen molar-refractivity contribution in [1.82, 2.24) is 5.32 Å². The van der Waals surface area contributed by atoms with Gasteiger partial charge in [0.1, 0.15) is 5.75 Å². The molecule has 0 amide bonds. The molecule has 3 nitrogen and oxygen atoms in total. The molecule has 0 heterocycles. The zero-order valence-corrected chi connectivity index (χ0v) is 10.2. The summed E-state index contributed by atoms with van der Waals surface area (Å²) in [7, 11) is 1.59. The zero-order valence-electron chi connectivity index (χ0n) is 9.46. The number of methoxy groups -OCH3 is 1. The third-order valence-corrected chi connectivity index (χ3v) is 2.51. The molecule has 0 aliphatic rings. The van der Waals surface area contributed by atoms with Gasteiger partial charge < -0.3 is 10.1 Å². The molecule has 1 atom stereocenters. The Morgan fingerprint density at radius 1 is 1.56 bits per heavy atom. The third-order valence-electron chi connectivity index (χ3n) is 2.22. The van der Waals surface area contributed by atoms with E-state index in [-0.39, 0.29) is 5.92 Å². The van der Waals surface area contributed by atoms with E-state index in [2.05, 4.69) is 11.4 Å². The van der Waals surface area contributed by atoms with Gasteiger partial charge in [-0.25, -0.2) is 0 Å². The maximum atomic E-state index is 8.62. The number of hydrogen-bond donors (Lipinski definition) is 1. The third kappa shape index (κ3) is 3.73. The molecular weight excluding hydrogens is 224 g/mol.